The fraction of sp³-hybridized carbons (Fsp3) is 0.250. The van der Waals surface area contributed by atoms with Gasteiger partial charge in [0.1, 0.15) is 5.82 Å². The Morgan fingerprint density at radius 1 is 1.25 bits per heavy atom. The van der Waals surface area contributed by atoms with Crippen LogP contribution in [0.2, 0.25) is 0 Å². The van der Waals surface area contributed by atoms with Crippen molar-refractivity contribution in [3.63, 3.8) is 0 Å². The Hall–Kier alpha value is -2.36. The van der Waals surface area contributed by atoms with Crippen LogP contribution < -0.4 is 11.1 Å². The molecule has 1 heterocycles. The summed E-state index contributed by atoms with van der Waals surface area (Å²) in [6, 6.07) is 11.6. The lowest BCUT2D eigenvalue weighted by molar-refractivity contribution is 0.0951. The van der Waals surface area contributed by atoms with Crippen molar-refractivity contribution in [3.8, 4) is 0 Å². The Bertz CT molecular complexity index is 591. The Kier molecular flexibility index (Phi) is 4.35. The SMILES string of the molecule is CC(C)c1ccc(CNC(=O)c2cccnc2N)cc1. The predicted molar refractivity (Wildman–Crippen MR) is 80.4 cm³/mol. The maximum absolute atomic E-state index is 12.0. The molecule has 0 atom stereocenters. The molecule has 0 spiro atoms. The molecular weight excluding hydrogens is 250 g/mol. The number of carbonyl (C=O) groups excluding carboxylic acids is 1. The van der Waals surface area contributed by atoms with Crippen LogP contribution in [0, 0.1) is 0 Å². The minimum Gasteiger partial charge on any atom is -0.383 e. The second kappa shape index (κ2) is 6.19. The Labute approximate surface area is 119 Å². The highest BCUT2D eigenvalue weighted by Crippen LogP contribution is 2.14. The zero-order valence-electron chi connectivity index (χ0n) is 11.8. The lowest BCUT2D eigenvalue weighted by Crippen LogP contribution is -2.24. The third-order valence-electron chi connectivity index (χ3n) is 3.18. The van der Waals surface area contributed by atoms with Gasteiger partial charge < -0.3 is 11.1 Å². The molecule has 0 fully saturated rings. The van der Waals surface area contributed by atoms with Crippen LogP contribution in [0.5, 0.6) is 0 Å². The predicted octanol–water partition coefficient (Wildman–Crippen LogP) is 2.72. The van der Waals surface area contributed by atoms with Gasteiger partial charge in [0.05, 0.1) is 5.56 Å². The number of rotatable bonds is 4. The Balaban J connectivity index is 1.98. The molecule has 3 N–H and O–H groups in total. The van der Waals surface area contributed by atoms with E-state index in [1.807, 2.05) is 12.1 Å². The highest BCUT2D eigenvalue weighted by molar-refractivity contribution is 5.98. The Morgan fingerprint density at radius 2 is 1.95 bits per heavy atom. The summed E-state index contributed by atoms with van der Waals surface area (Å²) in [6.45, 7) is 4.79. The van der Waals surface area contributed by atoms with Gasteiger partial charge >= 0.3 is 0 Å². The number of nitrogens with two attached hydrogens (primary N) is 1. The third-order valence-corrected chi connectivity index (χ3v) is 3.18. The topological polar surface area (TPSA) is 68.0 Å². The van der Waals surface area contributed by atoms with Gasteiger partial charge in [0.2, 0.25) is 0 Å². The summed E-state index contributed by atoms with van der Waals surface area (Å²) < 4.78 is 0. The molecule has 1 aromatic carbocycles. The van der Waals surface area contributed by atoms with E-state index >= 15 is 0 Å². The molecule has 0 bridgehead atoms. The molecule has 4 heteroatoms. The fourth-order valence-electron chi connectivity index (χ4n) is 1.91. The van der Waals surface area contributed by atoms with E-state index in [0.717, 1.165) is 5.56 Å². The maximum atomic E-state index is 12.0. The summed E-state index contributed by atoms with van der Waals surface area (Å²) in [4.78, 5) is 15.9. The Morgan fingerprint density at radius 3 is 2.55 bits per heavy atom. The number of carbonyl (C=O) groups is 1. The quantitative estimate of drug-likeness (QED) is 0.896. The van der Waals surface area contributed by atoms with Gasteiger partial charge in [-0.05, 0) is 29.2 Å². The van der Waals surface area contributed by atoms with Crippen molar-refractivity contribution in [1.82, 2.24) is 10.3 Å². The molecule has 2 rings (SSSR count). The summed E-state index contributed by atoms with van der Waals surface area (Å²) in [5.41, 5.74) is 8.43. The van der Waals surface area contributed by atoms with Gasteiger partial charge in [-0.1, -0.05) is 38.1 Å². The first kappa shape index (κ1) is 14.1. The molecule has 1 aromatic heterocycles. The summed E-state index contributed by atoms with van der Waals surface area (Å²) in [5, 5.41) is 2.85. The van der Waals surface area contributed by atoms with E-state index in [1.165, 1.54) is 5.56 Å². The summed E-state index contributed by atoms with van der Waals surface area (Å²) >= 11 is 0. The van der Waals surface area contributed by atoms with Crippen LogP contribution in [-0.2, 0) is 6.54 Å². The number of hydrogen-bond donors (Lipinski definition) is 2. The van der Waals surface area contributed by atoms with E-state index in [2.05, 4.69) is 36.3 Å². The van der Waals surface area contributed by atoms with Gasteiger partial charge in [-0.3, -0.25) is 4.79 Å². The van der Waals surface area contributed by atoms with Gasteiger partial charge in [0.25, 0.3) is 5.91 Å². The van der Waals surface area contributed by atoms with Crippen LogP contribution in [0.3, 0.4) is 0 Å². The molecule has 0 saturated carbocycles. The molecule has 0 unspecified atom stereocenters. The molecular formula is C16H19N3O. The summed E-state index contributed by atoms with van der Waals surface area (Å²) in [5.74, 6) is 0.553. The van der Waals surface area contributed by atoms with E-state index in [9.17, 15) is 4.79 Å². The van der Waals surface area contributed by atoms with Crippen molar-refractivity contribution in [3.05, 3.63) is 59.3 Å². The number of nitrogens with zero attached hydrogens (tertiary/aromatic N) is 1. The van der Waals surface area contributed by atoms with Crippen LogP contribution in [-0.4, -0.2) is 10.9 Å². The second-order valence-corrected chi connectivity index (χ2v) is 5.02. The van der Waals surface area contributed by atoms with E-state index in [0.29, 0.717) is 18.0 Å². The smallest absolute Gasteiger partial charge is 0.255 e. The van der Waals surface area contributed by atoms with Gasteiger partial charge in [-0.2, -0.15) is 0 Å². The van der Waals surface area contributed by atoms with Crippen LogP contribution in [0.1, 0.15) is 41.3 Å². The number of nitrogen functional groups attached to an aromatic ring is 1. The normalized spacial score (nSPS) is 10.6. The molecule has 2 aromatic rings. The zero-order chi connectivity index (χ0) is 14.5. The van der Waals surface area contributed by atoms with Crippen molar-refractivity contribution >= 4 is 11.7 Å². The van der Waals surface area contributed by atoms with Gasteiger partial charge in [-0.25, -0.2) is 4.98 Å². The first-order chi connectivity index (χ1) is 9.58. The van der Waals surface area contributed by atoms with Gasteiger partial charge in [0, 0.05) is 12.7 Å². The lowest BCUT2D eigenvalue weighted by Gasteiger charge is -2.09. The number of nitrogens with one attached hydrogen (secondary N) is 1. The average molecular weight is 269 g/mol. The number of anilines is 1. The second-order valence-electron chi connectivity index (χ2n) is 5.02. The molecule has 0 aliphatic carbocycles. The number of amides is 1. The summed E-state index contributed by atoms with van der Waals surface area (Å²) in [7, 11) is 0. The molecule has 1 amide bonds. The molecule has 0 saturated heterocycles. The van der Waals surface area contributed by atoms with E-state index in [-0.39, 0.29) is 11.7 Å². The van der Waals surface area contributed by atoms with Crippen LogP contribution in [0.25, 0.3) is 0 Å². The first-order valence-corrected chi connectivity index (χ1v) is 6.65. The zero-order valence-corrected chi connectivity index (χ0v) is 11.8. The summed E-state index contributed by atoms with van der Waals surface area (Å²) in [6.07, 6.45) is 1.57. The molecule has 20 heavy (non-hydrogen) atoms. The van der Waals surface area contributed by atoms with Crippen molar-refractivity contribution in [2.24, 2.45) is 0 Å². The van der Waals surface area contributed by atoms with Crippen LogP contribution in [0.15, 0.2) is 42.6 Å². The minimum absolute atomic E-state index is 0.205. The van der Waals surface area contributed by atoms with Gasteiger partial charge in [0.15, 0.2) is 0 Å². The minimum atomic E-state index is -0.205. The van der Waals surface area contributed by atoms with Crippen molar-refractivity contribution in [1.29, 1.82) is 0 Å². The average Bonchev–Trinajstić information content (AvgIpc) is 2.45. The lowest BCUT2D eigenvalue weighted by atomic mass is 10.0. The monoisotopic (exact) mass is 269 g/mol. The molecule has 0 aliphatic rings. The molecule has 0 radical (unpaired) electrons. The number of benzene rings is 1. The highest BCUT2D eigenvalue weighted by atomic mass is 16.1. The number of aromatic nitrogens is 1. The number of hydrogen-bond acceptors (Lipinski definition) is 3. The fourth-order valence-corrected chi connectivity index (χ4v) is 1.91. The molecule has 4 nitrogen and oxygen atoms in total. The van der Waals surface area contributed by atoms with E-state index in [4.69, 9.17) is 5.73 Å². The van der Waals surface area contributed by atoms with E-state index in [1.54, 1.807) is 18.3 Å². The van der Waals surface area contributed by atoms with Crippen LogP contribution in [0.4, 0.5) is 5.82 Å². The molecule has 104 valence electrons. The standard InChI is InChI=1S/C16H19N3O/c1-11(2)13-7-5-12(6-8-13)10-19-16(20)14-4-3-9-18-15(14)17/h3-9,11H,10H2,1-2H3,(H2,17,18)(H,19,20). The van der Waals surface area contributed by atoms with Crippen molar-refractivity contribution in [2.75, 3.05) is 5.73 Å². The van der Waals surface area contributed by atoms with Gasteiger partial charge in [-0.15, -0.1) is 0 Å². The highest BCUT2D eigenvalue weighted by Gasteiger charge is 2.09. The molecule has 0 aliphatic heterocycles. The third kappa shape index (κ3) is 3.35. The van der Waals surface area contributed by atoms with Crippen LogP contribution >= 0.6 is 0 Å². The number of pyridine rings is 1. The van der Waals surface area contributed by atoms with Crippen molar-refractivity contribution in [2.45, 2.75) is 26.3 Å². The first-order valence-electron chi connectivity index (χ1n) is 6.65. The maximum Gasteiger partial charge on any atom is 0.255 e. The van der Waals surface area contributed by atoms with Crippen molar-refractivity contribution < 1.29 is 4.79 Å². The largest absolute Gasteiger partial charge is 0.383 e. The van der Waals surface area contributed by atoms with E-state index < -0.39 is 0 Å².